The van der Waals surface area contributed by atoms with Crippen molar-refractivity contribution in [3.63, 3.8) is 0 Å². The maximum absolute atomic E-state index is 13.2. The van der Waals surface area contributed by atoms with Crippen LogP contribution in [0.2, 0.25) is 0 Å². The number of hydrogen-bond donors (Lipinski definition) is 6. The molecule has 2 aromatic heterocycles. The number of nitrogens with zero attached hydrogens (tertiary/aromatic N) is 4. The number of anilines is 2. The van der Waals surface area contributed by atoms with Gasteiger partial charge in [-0.05, 0) is 57.0 Å². The monoisotopic (exact) mass is 678 g/mol. The van der Waals surface area contributed by atoms with E-state index in [4.69, 9.17) is 25.6 Å². The van der Waals surface area contributed by atoms with Crippen LogP contribution in [0.25, 0.3) is 10.9 Å². The number of nitrogen functional groups attached to an aromatic ring is 1. The highest BCUT2D eigenvalue weighted by Gasteiger charge is 2.58. The first kappa shape index (κ1) is 32.8. The largest absolute Gasteiger partial charge is 0.489 e. The molecule has 0 radical (unpaired) electrons. The number of rotatable bonds is 13. The first-order chi connectivity index (χ1) is 21.6. The first-order valence-electron chi connectivity index (χ1n) is 13.7. The number of carboxylic acids is 1. The number of carboxylic acid groups (broad SMARTS) is 1. The van der Waals surface area contributed by atoms with E-state index in [2.05, 4.69) is 30.0 Å². The maximum Gasteiger partial charge on any atom is 0.418 e. The normalized spacial score (nSPS) is 21.6. The van der Waals surface area contributed by atoms with Crippen molar-refractivity contribution in [2.75, 3.05) is 17.7 Å². The van der Waals surface area contributed by atoms with Gasteiger partial charge in [0, 0.05) is 22.8 Å². The number of carbonyl (C=O) groups excluding carboxylic acids is 2. The lowest BCUT2D eigenvalue weighted by Crippen LogP contribution is -2.76. The molecular weight excluding hydrogens is 648 g/mol. The Hall–Kier alpha value is -4.63. The molecule has 1 aliphatic heterocycles. The molecule has 2 fully saturated rings. The molecule has 1 aliphatic carbocycles. The number of ether oxygens (including phenoxy) is 1. The summed E-state index contributed by atoms with van der Waals surface area (Å²) in [6.07, 6.45) is 0.0625. The molecule has 1 saturated heterocycles. The van der Waals surface area contributed by atoms with Crippen molar-refractivity contribution in [3.05, 3.63) is 41.4 Å². The average Bonchev–Trinajstić information content (AvgIpc) is 3.40. The molecule has 2 amide bonds. The summed E-state index contributed by atoms with van der Waals surface area (Å²) in [5.74, 6) is -2.43. The highest BCUT2D eigenvalue weighted by molar-refractivity contribution is 7.80. The molecule has 5 rings (SSSR count). The maximum atomic E-state index is 13.2. The van der Waals surface area contributed by atoms with E-state index in [1.807, 2.05) is 12.1 Å². The van der Waals surface area contributed by atoms with Crippen LogP contribution in [0.3, 0.4) is 0 Å². The summed E-state index contributed by atoms with van der Waals surface area (Å²) < 4.78 is 41.1. The van der Waals surface area contributed by atoms with E-state index in [-0.39, 0.29) is 22.9 Å². The molecule has 2 atom stereocenters. The van der Waals surface area contributed by atoms with Gasteiger partial charge in [0.15, 0.2) is 10.8 Å². The lowest BCUT2D eigenvalue weighted by Gasteiger charge is -2.50. The summed E-state index contributed by atoms with van der Waals surface area (Å²) >= 11 is 0.958. The quantitative estimate of drug-likeness (QED) is 0.0613. The summed E-state index contributed by atoms with van der Waals surface area (Å²) in [6, 6.07) is 7.84. The molecule has 0 bridgehead atoms. The Morgan fingerprint density at radius 3 is 2.59 bits per heavy atom. The van der Waals surface area contributed by atoms with Crippen LogP contribution in [0.1, 0.15) is 32.4 Å². The summed E-state index contributed by atoms with van der Waals surface area (Å²) in [5.41, 5.74) is 10.2. The molecule has 1 aromatic carbocycles. The van der Waals surface area contributed by atoms with Gasteiger partial charge in [-0.3, -0.25) is 14.1 Å². The fourth-order valence-electron chi connectivity index (χ4n) is 4.72. The third-order valence-electron chi connectivity index (χ3n) is 7.24. The lowest BCUT2D eigenvalue weighted by atomic mass is 9.84. The van der Waals surface area contributed by atoms with Crippen LogP contribution in [0.5, 0.6) is 5.75 Å². The van der Waals surface area contributed by atoms with Crippen LogP contribution < -0.4 is 26.8 Å². The van der Waals surface area contributed by atoms with E-state index in [1.165, 1.54) is 19.2 Å². The van der Waals surface area contributed by atoms with Crippen LogP contribution in [0, 0.1) is 0 Å². The van der Waals surface area contributed by atoms with Crippen LogP contribution in [-0.4, -0.2) is 93.0 Å². The first-order valence-corrected chi connectivity index (χ1v) is 15.9. The topological polar surface area (TPSA) is 271 Å². The fourth-order valence-corrected chi connectivity index (χ4v) is 5.72. The van der Waals surface area contributed by atoms with Gasteiger partial charge in [-0.15, -0.1) is 15.6 Å². The van der Waals surface area contributed by atoms with Gasteiger partial charge in [-0.2, -0.15) is 13.5 Å². The zero-order valence-electron chi connectivity index (χ0n) is 24.3. The van der Waals surface area contributed by atoms with E-state index in [0.717, 1.165) is 29.6 Å². The SMILES string of the molecule is CC1(C)[C@H](NC(=O)/C(=N\O[C@@H](COc2ccc3nc(NC4CC(N)C4)ccc3c2)C(=O)O)c2csc(N)n2)C(=O)N1OS(=O)(=O)O. The van der Waals surface area contributed by atoms with Crippen molar-refractivity contribution in [1.29, 1.82) is 0 Å². The Morgan fingerprint density at radius 2 is 1.98 bits per heavy atom. The number of nitrogens with one attached hydrogen (secondary N) is 2. The summed E-state index contributed by atoms with van der Waals surface area (Å²) in [7, 11) is -5.02. The van der Waals surface area contributed by atoms with Gasteiger partial charge in [0.25, 0.3) is 17.9 Å². The zero-order valence-corrected chi connectivity index (χ0v) is 25.9. The van der Waals surface area contributed by atoms with Crippen molar-refractivity contribution >= 4 is 67.1 Å². The van der Waals surface area contributed by atoms with Gasteiger partial charge in [-0.25, -0.2) is 14.8 Å². The molecule has 20 heteroatoms. The number of carbonyl (C=O) groups is 3. The molecule has 1 saturated carbocycles. The van der Waals surface area contributed by atoms with Gasteiger partial charge in [-0.1, -0.05) is 5.16 Å². The van der Waals surface area contributed by atoms with Crippen molar-refractivity contribution in [2.24, 2.45) is 10.9 Å². The number of amides is 2. The van der Waals surface area contributed by atoms with Crippen molar-refractivity contribution in [2.45, 2.75) is 56.5 Å². The van der Waals surface area contributed by atoms with Gasteiger partial charge in [0.2, 0.25) is 0 Å². The Kier molecular flexibility index (Phi) is 9.00. The minimum Gasteiger partial charge on any atom is -0.489 e. The number of fused-ring (bicyclic) bond motifs is 1. The van der Waals surface area contributed by atoms with Gasteiger partial charge in [0.05, 0.1) is 11.1 Å². The van der Waals surface area contributed by atoms with E-state index >= 15 is 0 Å². The zero-order chi connectivity index (χ0) is 33.4. The van der Waals surface area contributed by atoms with Crippen LogP contribution in [0.4, 0.5) is 10.9 Å². The van der Waals surface area contributed by atoms with Gasteiger partial charge < -0.3 is 36.8 Å². The number of hydroxylamine groups is 2. The Balaban J connectivity index is 1.26. The summed E-state index contributed by atoms with van der Waals surface area (Å²) in [4.78, 5) is 51.4. The second kappa shape index (κ2) is 12.6. The highest BCUT2D eigenvalue weighted by Crippen LogP contribution is 2.33. The smallest absolute Gasteiger partial charge is 0.418 e. The molecule has 246 valence electrons. The number of aliphatic carboxylic acids is 1. The molecular formula is C26H30N8O10S2. The number of aromatic nitrogens is 2. The summed E-state index contributed by atoms with van der Waals surface area (Å²) in [6.45, 7) is 2.21. The lowest BCUT2D eigenvalue weighted by molar-refractivity contribution is -0.218. The van der Waals surface area contributed by atoms with Gasteiger partial charge in [0.1, 0.15) is 29.9 Å². The standard InChI is InChI=1S/C26H30N8O10S2/c1-26(2)21(23(36)34(26)44-46(39,40)41)32-22(35)20(17-11-45-25(28)31-17)33-43-18(24(37)38)10-42-15-4-5-16-12(7-15)3-6-19(30-16)29-14-8-13(27)9-14/h3-7,11,13-14,18,21H,8-10,27H2,1-2H3,(H2,28,31)(H,29,30)(H,32,35)(H,37,38)(H,39,40,41)/b33-20-/t13?,14?,18-,21+/m0/s1. The summed E-state index contributed by atoms with van der Waals surface area (Å²) in [5, 5.41) is 21.7. The second-order valence-corrected chi connectivity index (χ2v) is 13.0. The fraction of sp³-hybridized carbons (Fsp3) is 0.385. The average molecular weight is 679 g/mol. The molecule has 8 N–H and O–H groups in total. The molecule has 0 spiro atoms. The minimum absolute atomic E-state index is 0.0577. The third-order valence-corrected chi connectivity index (χ3v) is 8.25. The van der Waals surface area contributed by atoms with E-state index in [0.29, 0.717) is 22.1 Å². The number of β-lactam (4-membered cyclic amide) rings is 1. The van der Waals surface area contributed by atoms with Crippen molar-refractivity contribution < 1.29 is 46.3 Å². The number of nitrogens with two attached hydrogens (primary N) is 2. The van der Waals surface area contributed by atoms with Crippen molar-refractivity contribution in [3.8, 4) is 5.75 Å². The Morgan fingerprint density at radius 1 is 1.24 bits per heavy atom. The minimum atomic E-state index is -5.02. The number of hydrogen-bond acceptors (Lipinski definition) is 15. The molecule has 0 unspecified atom stereocenters. The van der Waals surface area contributed by atoms with Crippen molar-refractivity contribution in [1.82, 2.24) is 20.3 Å². The molecule has 2 aliphatic rings. The Bertz CT molecular complexity index is 1810. The van der Waals surface area contributed by atoms with Gasteiger partial charge >= 0.3 is 16.4 Å². The predicted octanol–water partition coefficient (Wildman–Crippen LogP) is 0.268. The molecule has 3 heterocycles. The molecule has 3 aromatic rings. The number of benzene rings is 1. The number of pyridine rings is 1. The van der Waals surface area contributed by atoms with E-state index < -0.39 is 58.2 Å². The van der Waals surface area contributed by atoms with E-state index in [1.54, 1.807) is 18.2 Å². The molecule has 46 heavy (non-hydrogen) atoms. The second-order valence-electron chi connectivity index (χ2n) is 11.1. The highest BCUT2D eigenvalue weighted by atomic mass is 32.3. The van der Waals surface area contributed by atoms with Crippen LogP contribution >= 0.6 is 11.3 Å². The van der Waals surface area contributed by atoms with Crippen LogP contribution in [0.15, 0.2) is 40.9 Å². The molecule has 18 nitrogen and oxygen atoms in total. The predicted molar refractivity (Wildman–Crippen MR) is 163 cm³/mol. The number of thiazole rings is 1. The number of oxime groups is 1. The van der Waals surface area contributed by atoms with E-state index in [9.17, 15) is 27.9 Å². The van der Waals surface area contributed by atoms with Crippen LogP contribution in [-0.2, 0) is 33.9 Å². The Labute approximate surface area is 265 Å². The third kappa shape index (κ3) is 7.26.